The highest BCUT2D eigenvalue weighted by atomic mass is 32.2. The summed E-state index contributed by atoms with van der Waals surface area (Å²) >= 11 is 1.59. The number of furan rings is 1. The van der Waals surface area contributed by atoms with Gasteiger partial charge in [-0.2, -0.15) is 13.2 Å². The number of hydrogen-bond donors (Lipinski definition) is 0. The Balaban J connectivity index is 1.54. The lowest BCUT2D eigenvalue weighted by molar-refractivity contribution is -0.145. The van der Waals surface area contributed by atoms with E-state index < -0.39 is 17.7 Å². The van der Waals surface area contributed by atoms with E-state index in [4.69, 9.17) is 23.4 Å². The molecular formula is C34H36F3NO6S. The second-order valence-corrected chi connectivity index (χ2v) is 11.4. The number of nitrogens with zero attached hydrogens (tertiary/aromatic N) is 1. The fourth-order valence-electron chi connectivity index (χ4n) is 4.63. The number of carbonyl (C=O) groups excluding carboxylic acids is 1. The topological polar surface area (TPSA) is 70.4 Å². The Bertz CT molecular complexity index is 1560. The zero-order valence-corrected chi connectivity index (χ0v) is 26.6. The molecule has 0 N–H and O–H groups in total. The van der Waals surface area contributed by atoms with Crippen LogP contribution in [0.25, 0.3) is 11.3 Å². The number of rotatable bonds is 14. The number of alkyl halides is 3. The summed E-state index contributed by atoms with van der Waals surface area (Å²) in [5.41, 5.74) is 2.62. The van der Waals surface area contributed by atoms with Gasteiger partial charge >= 0.3 is 12.1 Å². The third-order valence-electron chi connectivity index (χ3n) is 6.86. The summed E-state index contributed by atoms with van der Waals surface area (Å²) < 4.78 is 67.1. The molecule has 4 aromatic rings. The second-order valence-electron chi connectivity index (χ2n) is 10.3. The van der Waals surface area contributed by atoms with Gasteiger partial charge < -0.3 is 23.4 Å². The standard InChI is InChI=1S/C34H36F3NO6S/c1-6-42-33(39)20-43-30-12-11-29(13-22(30)2)45-21-25-16-31(24-7-9-26(10-8-24)34(35,36)37)44-32(25)19-38(3)18-23-14-27(40-4)17-28(15-23)41-5/h7-17H,6,18-21H2,1-5H3. The van der Waals surface area contributed by atoms with Crippen molar-refractivity contribution >= 4 is 17.7 Å². The van der Waals surface area contributed by atoms with Gasteiger partial charge in [-0.1, -0.05) is 12.1 Å². The van der Waals surface area contributed by atoms with Gasteiger partial charge in [0.1, 0.15) is 28.8 Å². The molecule has 0 saturated heterocycles. The lowest BCUT2D eigenvalue weighted by Gasteiger charge is -2.17. The number of hydrogen-bond acceptors (Lipinski definition) is 8. The van der Waals surface area contributed by atoms with Crippen molar-refractivity contribution in [3.8, 4) is 28.6 Å². The summed E-state index contributed by atoms with van der Waals surface area (Å²) in [5.74, 6) is 3.29. The number of thioether (sulfide) groups is 1. The summed E-state index contributed by atoms with van der Waals surface area (Å²) in [4.78, 5) is 14.7. The van der Waals surface area contributed by atoms with E-state index >= 15 is 0 Å². The molecule has 0 saturated carbocycles. The van der Waals surface area contributed by atoms with Crippen LogP contribution in [0.4, 0.5) is 13.2 Å². The first kappa shape index (κ1) is 33.8. The molecular weight excluding hydrogens is 607 g/mol. The zero-order valence-electron chi connectivity index (χ0n) is 25.8. The Morgan fingerprint density at radius 1 is 0.933 bits per heavy atom. The molecule has 4 rings (SSSR count). The average Bonchev–Trinajstić information content (AvgIpc) is 3.41. The minimum absolute atomic E-state index is 0.164. The van der Waals surface area contributed by atoms with Crippen molar-refractivity contribution in [1.82, 2.24) is 4.90 Å². The maximum absolute atomic E-state index is 13.2. The van der Waals surface area contributed by atoms with E-state index in [1.807, 2.05) is 56.4 Å². The van der Waals surface area contributed by atoms with Gasteiger partial charge in [-0.15, -0.1) is 11.8 Å². The van der Waals surface area contributed by atoms with Crippen LogP contribution in [0.1, 0.15) is 34.9 Å². The third-order valence-corrected chi connectivity index (χ3v) is 7.90. The van der Waals surface area contributed by atoms with Gasteiger partial charge in [-0.05, 0) is 80.6 Å². The first-order valence-corrected chi connectivity index (χ1v) is 15.2. The summed E-state index contributed by atoms with van der Waals surface area (Å²) in [6.45, 7) is 4.79. The van der Waals surface area contributed by atoms with Crippen molar-refractivity contribution in [2.45, 2.75) is 43.8 Å². The van der Waals surface area contributed by atoms with E-state index in [0.717, 1.165) is 33.7 Å². The first-order chi connectivity index (χ1) is 21.5. The maximum atomic E-state index is 13.2. The molecule has 0 spiro atoms. The van der Waals surface area contributed by atoms with Crippen LogP contribution in [0.5, 0.6) is 17.2 Å². The molecule has 1 aromatic heterocycles. The Labute approximate surface area is 265 Å². The monoisotopic (exact) mass is 643 g/mol. The Hall–Kier alpha value is -4.09. The molecule has 0 atom stereocenters. The van der Waals surface area contributed by atoms with Crippen LogP contribution >= 0.6 is 11.8 Å². The predicted octanol–water partition coefficient (Wildman–Crippen LogP) is 8.16. The van der Waals surface area contributed by atoms with Crippen molar-refractivity contribution in [3.63, 3.8) is 0 Å². The van der Waals surface area contributed by atoms with Gasteiger partial charge in [0.15, 0.2) is 6.61 Å². The number of methoxy groups -OCH3 is 2. The summed E-state index contributed by atoms with van der Waals surface area (Å²) in [7, 11) is 5.16. The molecule has 0 aliphatic heterocycles. The molecule has 0 unspecified atom stereocenters. The van der Waals surface area contributed by atoms with E-state index in [1.165, 1.54) is 12.1 Å². The Morgan fingerprint density at radius 3 is 2.22 bits per heavy atom. The average molecular weight is 644 g/mol. The van der Waals surface area contributed by atoms with Crippen molar-refractivity contribution in [2.24, 2.45) is 0 Å². The maximum Gasteiger partial charge on any atom is 0.416 e. The molecule has 0 fully saturated rings. The van der Waals surface area contributed by atoms with Crippen molar-refractivity contribution < 1.29 is 41.3 Å². The molecule has 3 aromatic carbocycles. The predicted molar refractivity (Wildman–Crippen MR) is 167 cm³/mol. The Morgan fingerprint density at radius 2 is 1.62 bits per heavy atom. The highest BCUT2D eigenvalue weighted by Crippen LogP contribution is 2.35. The van der Waals surface area contributed by atoms with E-state index in [0.29, 0.717) is 59.8 Å². The third kappa shape index (κ3) is 9.45. The fraction of sp³-hybridized carbons (Fsp3) is 0.324. The van der Waals surface area contributed by atoms with Crippen LogP contribution in [0.15, 0.2) is 76.0 Å². The fourth-order valence-corrected chi connectivity index (χ4v) is 5.62. The lowest BCUT2D eigenvalue weighted by atomic mass is 10.1. The van der Waals surface area contributed by atoms with E-state index in [2.05, 4.69) is 4.90 Å². The Kier molecular flexibility index (Phi) is 11.5. The first-order valence-electron chi connectivity index (χ1n) is 14.2. The SMILES string of the molecule is CCOC(=O)COc1ccc(SCc2cc(-c3ccc(C(F)(F)F)cc3)oc2CN(C)Cc2cc(OC)cc(OC)c2)cc1C. The smallest absolute Gasteiger partial charge is 0.416 e. The van der Waals surface area contributed by atoms with Gasteiger partial charge in [-0.25, -0.2) is 4.79 Å². The van der Waals surface area contributed by atoms with Gasteiger partial charge in [0.05, 0.1) is 32.9 Å². The van der Waals surface area contributed by atoms with Gasteiger partial charge in [0.2, 0.25) is 0 Å². The summed E-state index contributed by atoms with van der Waals surface area (Å²) in [6, 6.07) is 18.2. The van der Waals surface area contributed by atoms with Gasteiger partial charge in [0.25, 0.3) is 0 Å². The van der Waals surface area contributed by atoms with E-state index in [1.54, 1.807) is 32.9 Å². The molecule has 0 amide bonds. The quantitative estimate of drug-likeness (QED) is 0.101. The number of aryl methyl sites for hydroxylation is 1. The molecule has 11 heteroatoms. The van der Waals surface area contributed by atoms with Crippen LogP contribution in [0.2, 0.25) is 0 Å². The minimum atomic E-state index is -4.42. The zero-order chi connectivity index (χ0) is 32.6. The number of benzene rings is 3. The highest BCUT2D eigenvalue weighted by molar-refractivity contribution is 7.98. The molecule has 1 heterocycles. The van der Waals surface area contributed by atoms with Crippen molar-refractivity contribution in [2.75, 3.05) is 34.5 Å². The summed E-state index contributed by atoms with van der Waals surface area (Å²) in [5, 5.41) is 0. The molecule has 240 valence electrons. The van der Waals surface area contributed by atoms with Crippen LogP contribution in [0, 0.1) is 6.92 Å². The molecule has 0 aliphatic rings. The highest BCUT2D eigenvalue weighted by Gasteiger charge is 2.30. The number of esters is 1. The normalized spacial score (nSPS) is 11.5. The summed E-state index contributed by atoms with van der Waals surface area (Å²) in [6.07, 6.45) is -4.42. The van der Waals surface area contributed by atoms with E-state index in [-0.39, 0.29) is 6.61 Å². The second kappa shape index (κ2) is 15.3. The number of halogens is 3. The largest absolute Gasteiger partial charge is 0.497 e. The molecule has 0 radical (unpaired) electrons. The van der Waals surface area contributed by atoms with Crippen LogP contribution in [0.3, 0.4) is 0 Å². The van der Waals surface area contributed by atoms with Gasteiger partial charge in [0, 0.05) is 34.4 Å². The minimum Gasteiger partial charge on any atom is -0.497 e. The van der Waals surface area contributed by atoms with Crippen molar-refractivity contribution in [3.05, 3.63) is 94.7 Å². The lowest BCUT2D eigenvalue weighted by Crippen LogP contribution is -2.17. The molecule has 45 heavy (non-hydrogen) atoms. The van der Waals surface area contributed by atoms with Crippen LogP contribution in [-0.2, 0) is 34.6 Å². The van der Waals surface area contributed by atoms with Crippen LogP contribution < -0.4 is 14.2 Å². The van der Waals surface area contributed by atoms with E-state index in [9.17, 15) is 18.0 Å². The van der Waals surface area contributed by atoms with Gasteiger partial charge in [-0.3, -0.25) is 4.90 Å². The van der Waals surface area contributed by atoms with Crippen LogP contribution in [-0.4, -0.2) is 45.4 Å². The molecule has 0 bridgehead atoms. The van der Waals surface area contributed by atoms with Crippen molar-refractivity contribution in [1.29, 1.82) is 0 Å². The molecule has 7 nitrogen and oxygen atoms in total. The number of carbonyl (C=O) groups is 1. The molecule has 0 aliphatic carbocycles. The number of ether oxygens (including phenoxy) is 4.